The average Bonchev–Trinajstić information content (AvgIpc) is 1.97. The molecule has 60 valence electrons. The molecule has 0 saturated heterocycles. The van der Waals surface area contributed by atoms with Crippen molar-refractivity contribution in [2.24, 2.45) is 7.05 Å². The normalized spacial score (nSPS) is 10.2. The van der Waals surface area contributed by atoms with Crippen molar-refractivity contribution in [3.8, 4) is 0 Å². The van der Waals surface area contributed by atoms with E-state index in [2.05, 4.69) is 5.10 Å². The Balaban J connectivity index is 3.59. The van der Waals surface area contributed by atoms with Gasteiger partial charge in [-0.3, -0.25) is 4.79 Å². The number of halogens is 2. The first-order valence-corrected chi connectivity index (χ1v) is 3.30. The lowest BCUT2D eigenvalue weighted by Gasteiger charge is -2.00. The molecule has 1 rings (SSSR count). The van der Waals surface area contributed by atoms with E-state index < -0.39 is 16.4 Å². The lowest BCUT2D eigenvalue weighted by molar-refractivity contribution is 0.570. The molecule has 5 heteroatoms. The Morgan fingerprint density at radius 1 is 1.64 bits per heavy atom. The fourth-order valence-electron chi connectivity index (χ4n) is 0.709. The Morgan fingerprint density at radius 2 is 2.18 bits per heavy atom. The van der Waals surface area contributed by atoms with Crippen LogP contribution >= 0.6 is 11.6 Å². The minimum Gasteiger partial charge on any atom is -0.266 e. The molecule has 0 saturated carbocycles. The van der Waals surface area contributed by atoms with Gasteiger partial charge in [-0.2, -0.15) is 5.10 Å². The second-order valence-electron chi connectivity index (χ2n) is 2.14. The van der Waals surface area contributed by atoms with Crippen molar-refractivity contribution < 1.29 is 4.39 Å². The molecule has 0 aliphatic heterocycles. The monoisotopic (exact) mass is 176 g/mol. The van der Waals surface area contributed by atoms with Crippen molar-refractivity contribution in [3.05, 3.63) is 26.9 Å². The van der Waals surface area contributed by atoms with Gasteiger partial charge >= 0.3 is 0 Å². The van der Waals surface area contributed by atoms with Gasteiger partial charge in [-0.05, 0) is 6.92 Å². The Bertz CT molecular complexity index is 347. The van der Waals surface area contributed by atoms with Crippen molar-refractivity contribution in [1.29, 1.82) is 0 Å². The molecule has 0 aromatic carbocycles. The Hall–Kier alpha value is -0.900. The summed E-state index contributed by atoms with van der Waals surface area (Å²) in [5, 5.41) is 3.18. The van der Waals surface area contributed by atoms with E-state index in [0.717, 1.165) is 4.68 Å². The fourth-order valence-corrected chi connectivity index (χ4v) is 0.968. The van der Waals surface area contributed by atoms with Gasteiger partial charge < -0.3 is 0 Å². The van der Waals surface area contributed by atoms with Crippen LogP contribution in [0.15, 0.2) is 4.79 Å². The zero-order valence-corrected chi connectivity index (χ0v) is 6.81. The molecule has 0 aliphatic rings. The van der Waals surface area contributed by atoms with Crippen LogP contribution in [0, 0.1) is 12.7 Å². The highest BCUT2D eigenvalue weighted by Crippen LogP contribution is 2.09. The quantitative estimate of drug-likeness (QED) is 0.588. The third-order valence-corrected chi connectivity index (χ3v) is 1.62. The molecule has 0 radical (unpaired) electrons. The predicted molar refractivity (Wildman–Crippen MR) is 39.2 cm³/mol. The third-order valence-electron chi connectivity index (χ3n) is 1.29. The number of rotatable bonds is 0. The Morgan fingerprint density at radius 3 is 2.73 bits per heavy atom. The summed E-state index contributed by atoms with van der Waals surface area (Å²) in [5.74, 6) is -0.741. The van der Waals surface area contributed by atoms with Gasteiger partial charge in [0.2, 0.25) is 0 Å². The van der Waals surface area contributed by atoms with Crippen molar-refractivity contribution in [2.75, 3.05) is 0 Å². The largest absolute Gasteiger partial charge is 0.288 e. The summed E-state index contributed by atoms with van der Waals surface area (Å²) in [5.41, 5.74) is -0.494. The molecule has 1 heterocycles. The van der Waals surface area contributed by atoms with Gasteiger partial charge in [0.1, 0.15) is 5.02 Å². The number of hydrogen-bond donors (Lipinski definition) is 0. The van der Waals surface area contributed by atoms with Crippen molar-refractivity contribution >= 4 is 11.6 Å². The molecule has 0 atom stereocenters. The first kappa shape index (κ1) is 8.20. The summed E-state index contributed by atoms with van der Waals surface area (Å²) in [6.07, 6.45) is 0. The van der Waals surface area contributed by atoms with Gasteiger partial charge in [0, 0.05) is 7.05 Å². The molecule has 0 amide bonds. The maximum atomic E-state index is 12.8. The van der Waals surface area contributed by atoms with Crippen LogP contribution in [-0.2, 0) is 7.05 Å². The van der Waals surface area contributed by atoms with E-state index in [9.17, 15) is 9.18 Å². The Labute approximate surface area is 67.4 Å². The molecule has 0 fully saturated rings. The molecule has 11 heavy (non-hydrogen) atoms. The van der Waals surface area contributed by atoms with Gasteiger partial charge in [-0.15, -0.1) is 0 Å². The van der Waals surface area contributed by atoms with Crippen LogP contribution in [0.3, 0.4) is 0 Å². The first-order chi connectivity index (χ1) is 5.04. The smallest absolute Gasteiger partial charge is 0.266 e. The van der Waals surface area contributed by atoms with Crippen LogP contribution in [0.4, 0.5) is 4.39 Å². The first-order valence-electron chi connectivity index (χ1n) is 2.93. The van der Waals surface area contributed by atoms with E-state index in [-0.39, 0.29) is 5.69 Å². The van der Waals surface area contributed by atoms with E-state index in [1.807, 2.05) is 0 Å². The maximum Gasteiger partial charge on any atom is 0.288 e. The topological polar surface area (TPSA) is 34.9 Å². The maximum absolute atomic E-state index is 12.8. The Kier molecular flexibility index (Phi) is 1.95. The van der Waals surface area contributed by atoms with Crippen LogP contribution in [-0.4, -0.2) is 9.78 Å². The number of aryl methyl sites for hydroxylation is 2. The van der Waals surface area contributed by atoms with Gasteiger partial charge in [0.05, 0.1) is 5.69 Å². The van der Waals surface area contributed by atoms with E-state index in [4.69, 9.17) is 11.6 Å². The minimum absolute atomic E-state index is 0.122. The van der Waals surface area contributed by atoms with E-state index >= 15 is 0 Å². The summed E-state index contributed by atoms with van der Waals surface area (Å²) in [7, 11) is 1.42. The summed E-state index contributed by atoms with van der Waals surface area (Å²) in [4.78, 5) is 10.9. The van der Waals surface area contributed by atoms with Crippen LogP contribution in [0.5, 0.6) is 0 Å². The van der Waals surface area contributed by atoms with Gasteiger partial charge in [-0.1, -0.05) is 11.6 Å². The van der Waals surface area contributed by atoms with Crippen molar-refractivity contribution in [3.63, 3.8) is 0 Å². The second kappa shape index (κ2) is 2.62. The third kappa shape index (κ3) is 1.26. The lowest BCUT2D eigenvalue weighted by atomic mass is 10.4. The molecule has 0 unspecified atom stereocenters. The number of nitrogens with zero attached hydrogens (tertiary/aromatic N) is 2. The highest BCUT2D eigenvalue weighted by Gasteiger charge is 2.09. The summed E-state index contributed by atoms with van der Waals surface area (Å²) in [6, 6.07) is 0. The van der Waals surface area contributed by atoms with Crippen LogP contribution in [0.25, 0.3) is 0 Å². The zero-order valence-electron chi connectivity index (χ0n) is 6.06. The van der Waals surface area contributed by atoms with Gasteiger partial charge in [0.15, 0.2) is 5.82 Å². The zero-order chi connectivity index (χ0) is 8.59. The molecular formula is C6H6ClFN2O. The molecule has 0 spiro atoms. The van der Waals surface area contributed by atoms with E-state index in [1.54, 1.807) is 0 Å². The average molecular weight is 177 g/mol. The van der Waals surface area contributed by atoms with Crippen LogP contribution < -0.4 is 5.56 Å². The molecule has 0 bridgehead atoms. The fraction of sp³-hybridized carbons (Fsp3) is 0.333. The van der Waals surface area contributed by atoms with Gasteiger partial charge in [0.25, 0.3) is 5.56 Å². The van der Waals surface area contributed by atoms with Crippen LogP contribution in [0.2, 0.25) is 5.02 Å². The lowest BCUT2D eigenvalue weighted by Crippen LogP contribution is -2.22. The molecular weight excluding hydrogens is 171 g/mol. The minimum atomic E-state index is -0.741. The van der Waals surface area contributed by atoms with E-state index in [1.165, 1.54) is 14.0 Å². The molecule has 0 aliphatic carbocycles. The molecule has 0 N–H and O–H groups in total. The van der Waals surface area contributed by atoms with Crippen molar-refractivity contribution in [1.82, 2.24) is 9.78 Å². The summed E-state index contributed by atoms with van der Waals surface area (Å²) < 4.78 is 13.8. The highest BCUT2D eigenvalue weighted by molar-refractivity contribution is 6.30. The van der Waals surface area contributed by atoms with Crippen LogP contribution in [0.1, 0.15) is 5.69 Å². The molecule has 3 nitrogen and oxygen atoms in total. The van der Waals surface area contributed by atoms with Crippen molar-refractivity contribution in [2.45, 2.75) is 6.92 Å². The molecule has 1 aromatic heterocycles. The standard InChI is InChI=1S/C6H6ClFN2O/c1-3-5(8)4(7)6(11)10(2)9-3/h1-2H3. The number of aromatic nitrogens is 2. The molecule has 1 aromatic rings. The predicted octanol–water partition coefficient (Wildman–Crippen LogP) is 0.881. The van der Waals surface area contributed by atoms with Gasteiger partial charge in [-0.25, -0.2) is 9.07 Å². The highest BCUT2D eigenvalue weighted by atomic mass is 35.5. The summed E-state index contributed by atoms with van der Waals surface area (Å²) >= 11 is 5.34. The number of hydrogen-bond acceptors (Lipinski definition) is 2. The SMILES string of the molecule is Cc1nn(C)c(=O)c(Cl)c1F. The second-order valence-corrected chi connectivity index (χ2v) is 2.52. The summed E-state index contributed by atoms with van der Waals surface area (Å²) in [6.45, 7) is 1.45. The van der Waals surface area contributed by atoms with E-state index in [0.29, 0.717) is 0 Å².